The maximum Gasteiger partial charge on any atom is 0.255 e. The van der Waals surface area contributed by atoms with Crippen LogP contribution in [0.3, 0.4) is 0 Å². The summed E-state index contributed by atoms with van der Waals surface area (Å²) in [4.78, 5) is 12.3. The molecule has 104 valence electrons. The molecule has 0 saturated carbocycles. The van der Waals surface area contributed by atoms with Crippen molar-refractivity contribution in [3.8, 4) is 0 Å². The van der Waals surface area contributed by atoms with Crippen LogP contribution < -0.4 is 5.32 Å². The quantitative estimate of drug-likeness (QED) is 0.698. The number of aryl methyl sites for hydroxylation is 3. The average Bonchev–Trinajstić information content (AvgIpc) is 2.39. The minimum Gasteiger partial charge on any atom is -0.322 e. The number of hydrogen-bond donors (Lipinski definition) is 1. The monoisotopic (exact) mass is 399 g/mol. The lowest BCUT2D eigenvalue weighted by atomic mass is 10.1. The Bertz CT molecular complexity index is 682. The highest BCUT2D eigenvalue weighted by Crippen LogP contribution is 2.23. The van der Waals surface area contributed by atoms with Gasteiger partial charge in [-0.25, -0.2) is 0 Å². The van der Waals surface area contributed by atoms with Gasteiger partial charge in [0.05, 0.1) is 0 Å². The van der Waals surface area contributed by atoms with Crippen LogP contribution in [0.1, 0.15) is 27.0 Å². The third kappa shape index (κ3) is 3.33. The van der Waals surface area contributed by atoms with Gasteiger partial charge in [-0.05, 0) is 84.3 Å². The fourth-order valence-electron chi connectivity index (χ4n) is 1.84. The summed E-state index contributed by atoms with van der Waals surface area (Å²) >= 11 is 8.35. The van der Waals surface area contributed by atoms with Crippen molar-refractivity contribution in [3.63, 3.8) is 0 Å². The van der Waals surface area contributed by atoms with Crippen LogP contribution in [0.25, 0.3) is 0 Å². The molecule has 0 bridgehead atoms. The first-order valence-corrected chi connectivity index (χ1v) is 7.68. The maximum absolute atomic E-state index is 12.3. The highest BCUT2D eigenvalue weighted by atomic mass is 127. The SMILES string of the molecule is Cc1ccc(C(=O)Nc2cc(C)c(I)cc2C)cc1Cl. The van der Waals surface area contributed by atoms with Gasteiger partial charge >= 0.3 is 0 Å². The van der Waals surface area contributed by atoms with E-state index in [9.17, 15) is 4.79 Å². The molecule has 0 aromatic heterocycles. The zero-order chi connectivity index (χ0) is 14.9. The Morgan fingerprint density at radius 1 is 1.05 bits per heavy atom. The topological polar surface area (TPSA) is 29.1 Å². The van der Waals surface area contributed by atoms with Gasteiger partial charge in [0.25, 0.3) is 5.91 Å². The van der Waals surface area contributed by atoms with E-state index in [1.54, 1.807) is 12.1 Å². The van der Waals surface area contributed by atoms with Crippen molar-refractivity contribution >= 4 is 45.8 Å². The van der Waals surface area contributed by atoms with E-state index in [1.807, 2.05) is 32.9 Å². The molecular weight excluding hydrogens is 385 g/mol. The summed E-state index contributed by atoms with van der Waals surface area (Å²) in [5.41, 5.74) is 4.56. The second-order valence-corrected chi connectivity index (χ2v) is 6.40. The van der Waals surface area contributed by atoms with Gasteiger partial charge < -0.3 is 5.32 Å². The molecule has 2 rings (SSSR count). The van der Waals surface area contributed by atoms with E-state index in [-0.39, 0.29) is 5.91 Å². The second kappa shape index (κ2) is 6.14. The zero-order valence-electron chi connectivity index (χ0n) is 11.6. The number of amides is 1. The molecular formula is C16H15ClINO. The van der Waals surface area contributed by atoms with Gasteiger partial charge in [-0.15, -0.1) is 0 Å². The Morgan fingerprint density at radius 3 is 2.40 bits per heavy atom. The fraction of sp³-hybridized carbons (Fsp3) is 0.188. The Kier molecular flexibility index (Phi) is 4.70. The highest BCUT2D eigenvalue weighted by molar-refractivity contribution is 14.1. The number of halogens is 2. The number of carbonyl (C=O) groups is 1. The van der Waals surface area contributed by atoms with Crippen molar-refractivity contribution in [2.24, 2.45) is 0 Å². The number of carbonyl (C=O) groups excluding carboxylic acids is 1. The molecule has 1 amide bonds. The van der Waals surface area contributed by atoms with E-state index in [1.165, 1.54) is 3.57 Å². The molecule has 0 aliphatic heterocycles. The summed E-state index contributed by atoms with van der Waals surface area (Å²) in [5.74, 6) is -0.143. The predicted octanol–water partition coefficient (Wildman–Crippen LogP) is 5.12. The zero-order valence-corrected chi connectivity index (χ0v) is 14.5. The molecule has 0 aliphatic rings. The molecule has 0 unspecified atom stereocenters. The molecule has 0 radical (unpaired) electrons. The lowest BCUT2D eigenvalue weighted by Crippen LogP contribution is -2.13. The smallest absolute Gasteiger partial charge is 0.255 e. The summed E-state index contributed by atoms with van der Waals surface area (Å²) in [6.07, 6.45) is 0. The maximum atomic E-state index is 12.3. The van der Waals surface area contributed by atoms with Crippen molar-refractivity contribution in [2.45, 2.75) is 20.8 Å². The first-order valence-electron chi connectivity index (χ1n) is 6.22. The Balaban J connectivity index is 2.27. The third-order valence-electron chi connectivity index (χ3n) is 3.19. The largest absolute Gasteiger partial charge is 0.322 e. The molecule has 0 heterocycles. The van der Waals surface area contributed by atoms with E-state index in [0.29, 0.717) is 10.6 Å². The van der Waals surface area contributed by atoms with Crippen LogP contribution in [-0.2, 0) is 0 Å². The average molecular weight is 400 g/mol. The van der Waals surface area contributed by atoms with Crippen LogP contribution in [0.2, 0.25) is 5.02 Å². The van der Waals surface area contributed by atoms with Crippen LogP contribution >= 0.6 is 34.2 Å². The minimum atomic E-state index is -0.143. The summed E-state index contributed by atoms with van der Waals surface area (Å²) in [5, 5.41) is 3.55. The number of benzene rings is 2. The summed E-state index contributed by atoms with van der Waals surface area (Å²) < 4.78 is 1.19. The van der Waals surface area contributed by atoms with Gasteiger partial charge in [0.2, 0.25) is 0 Å². The number of hydrogen-bond acceptors (Lipinski definition) is 1. The normalized spacial score (nSPS) is 10.4. The van der Waals surface area contributed by atoms with Crippen molar-refractivity contribution in [1.82, 2.24) is 0 Å². The van der Waals surface area contributed by atoms with Crippen LogP contribution in [0, 0.1) is 24.3 Å². The molecule has 2 aromatic rings. The fourth-order valence-corrected chi connectivity index (χ4v) is 2.65. The van der Waals surface area contributed by atoms with Crippen molar-refractivity contribution < 1.29 is 4.79 Å². The van der Waals surface area contributed by atoms with E-state index in [0.717, 1.165) is 22.4 Å². The number of anilines is 1. The Labute approximate surface area is 137 Å². The summed E-state index contributed by atoms with van der Waals surface area (Å²) in [6, 6.07) is 9.38. The molecule has 20 heavy (non-hydrogen) atoms. The lowest BCUT2D eigenvalue weighted by Gasteiger charge is -2.11. The third-order valence-corrected chi connectivity index (χ3v) is 4.76. The van der Waals surface area contributed by atoms with Crippen LogP contribution in [-0.4, -0.2) is 5.91 Å². The molecule has 0 spiro atoms. The molecule has 2 aromatic carbocycles. The molecule has 0 atom stereocenters. The predicted molar refractivity (Wildman–Crippen MR) is 92.8 cm³/mol. The second-order valence-electron chi connectivity index (χ2n) is 4.83. The van der Waals surface area contributed by atoms with Crippen molar-refractivity contribution in [1.29, 1.82) is 0 Å². The number of rotatable bonds is 2. The minimum absolute atomic E-state index is 0.143. The van der Waals surface area contributed by atoms with E-state index < -0.39 is 0 Å². The van der Waals surface area contributed by atoms with Crippen LogP contribution in [0.4, 0.5) is 5.69 Å². The van der Waals surface area contributed by atoms with E-state index >= 15 is 0 Å². The van der Waals surface area contributed by atoms with E-state index in [4.69, 9.17) is 11.6 Å². The summed E-state index contributed by atoms with van der Waals surface area (Å²) in [6.45, 7) is 5.93. The van der Waals surface area contributed by atoms with Gasteiger partial charge in [0.1, 0.15) is 0 Å². The standard InChI is InChI=1S/C16H15ClINO/c1-9-4-5-12(8-13(9)17)16(20)19-15-7-10(2)14(18)6-11(15)3/h4-8H,1-3H3,(H,19,20). The van der Waals surface area contributed by atoms with Crippen molar-refractivity contribution in [2.75, 3.05) is 5.32 Å². The van der Waals surface area contributed by atoms with Crippen LogP contribution in [0.15, 0.2) is 30.3 Å². The summed E-state index contributed by atoms with van der Waals surface area (Å²) in [7, 11) is 0. The highest BCUT2D eigenvalue weighted by Gasteiger charge is 2.10. The number of nitrogens with one attached hydrogen (secondary N) is 1. The Hall–Kier alpha value is -1.07. The van der Waals surface area contributed by atoms with Crippen molar-refractivity contribution in [3.05, 3.63) is 61.2 Å². The molecule has 1 N–H and O–H groups in total. The first-order chi connectivity index (χ1) is 9.38. The molecule has 0 fully saturated rings. The lowest BCUT2D eigenvalue weighted by molar-refractivity contribution is 0.102. The van der Waals surface area contributed by atoms with Gasteiger partial charge in [0, 0.05) is 19.8 Å². The molecule has 4 heteroatoms. The van der Waals surface area contributed by atoms with Gasteiger partial charge in [0.15, 0.2) is 0 Å². The molecule has 2 nitrogen and oxygen atoms in total. The van der Waals surface area contributed by atoms with E-state index in [2.05, 4.69) is 34.0 Å². The Morgan fingerprint density at radius 2 is 1.75 bits per heavy atom. The van der Waals surface area contributed by atoms with Crippen LogP contribution in [0.5, 0.6) is 0 Å². The first kappa shape index (κ1) is 15.3. The van der Waals surface area contributed by atoms with Gasteiger partial charge in [-0.2, -0.15) is 0 Å². The molecule has 0 saturated heterocycles. The van der Waals surface area contributed by atoms with Gasteiger partial charge in [-0.1, -0.05) is 17.7 Å². The molecule has 0 aliphatic carbocycles. The van der Waals surface area contributed by atoms with Gasteiger partial charge in [-0.3, -0.25) is 4.79 Å².